The maximum Gasteiger partial charge on any atom is 0.224 e. The fourth-order valence-corrected chi connectivity index (χ4v) is 2.63. The molecule has 19 heavy (non-hydrogen) atoms. The molecule has 0 radical (unpaired) electrons. The minimum Gasteiger partial charge on any atom is -0.323 e. The molecule has 0 saturated heterocycles. The lowest BCUT2D eigenvalue weighted by molar-refractivity contribution is -0.117. The zero-order chi connectivity index (χ0) is 14.6. The molecule has 0 aliphatic rings. The van der Waals surface area contributed by atoms with E-state index in [9.17, 15) is 4.79 Å². The highest BCUT2D eigenvalue weighted by atomic mass is 79.9. The Labute approximate surface area is 128 Å². The number of rotatable bonds is 4. The monoisotopic (exact) mass is 346 g/mol. The van der Waals surface area contributed by atoms with Crippen LogP contribution in [-0.2, 0) is 4.79 Å². The van der Waals surface area contributed by atoms with Crippen molar-refractivity contribution in [2.75, 3.05) is 5.32 Å². The van der Waals surface area contributed by atoms with Crippen molar-refractivity contribution in [1.82, 2.24) is 4.98 Å². The summed E-state index contributed by atoms with van der Waals surface area (Å²) in [5.41, 5.74) is 0.776. The third kappa shape index (κ3) is 6.39. The van der Waals surface area contributed by atoms with Crippen LogP contribution >= 0.6 is 27.5 Å². The number of halogens is 2. The van der Waals surface area contributed by atoms with Crippen LogP contribution in [0.2, 0.25) is 5.15 Å². The Morgan fingerprint density at radius 3 is 2.74 bits per heavy atom. The summed E-state index contributed by atoms with van der Waals surface area (Å²) in [4.78, 5) is 15.9. The fourth-order valence-electron chi connectivity index (χ4n) is 2.15. The Bertz CT molecular complexity index is 457. The second-order valence-electron chi connectivity index (χ2n) is 6.11. The first kappa shape index (κ1) is 16.4. The van der Waals surface area contributed by atoms with Gasteiger partial charge in [0.25, 0.3) is 0 Å². The van der Waals surface area contributed by atoms with Crippen LogP contribution < -0.4 is 5.32 Å². The molecule has 0 aromatic carbocycles. The number of pyridine rings is 1. The van der Waals surface area contributed by atoms with Gasteiger partial charge in [-0.2, -0.15) is 0 Å². The molecule has 1 aromatic heterocycles. The van der Waals surface area contributed by atoms with Gasteiger partial charge in [0.15, 0.2) is 5.15 Å². The van der Waals surface area contributed by atoms with Gasteiger partial charge in [-0.15, -0.1) is 0 Å². The van der Waals surface area contributed by atoms with E-state index >= 15 is 0 Å². The molecule has 0 aliphatic carbocycles. The zero-order valence-corrected chi connectivity index (χ0v) is 14.1. The molecule has 0 bridgehead atoms. The molecule has 0 saturated carbocycles. The average molecular weight is 348 g/mol. The summed E-state index contributed by atoms with van der Waals surface area (Å²) >= 11 is 9.24. The molecule has 106 valence electrons. The molecular formula is C14H20BrClN2O. The van der Waals surface area contributed by atoms with Gasteiger partial charge in [-0.3, -0.25) is 4.79 Å². The SMILES string of the molecule is CC(CC(=O)Nc1cc(Br)cnc1Cl)CC(C)(C)C. The van der Waals surface area contributed by atoms with Gasteiger partial charge in [0, 0.05) is 17.1 Å². The van der Waals surface area contributed by atoms with Gasteiger partial charge < -0.3 is 5.32 Å². The molecule has 1 rings (SSSR count). The van der Waals surface area contributed by atoms with Crippen LogP contribution in [0.25, 0.3) is 0 Å². The zero-order valence-electron chi connectivity index (χ0n) is 11.8. The number of carbonyl (C=O) groups is 1. The predicted octanol–water partition coefficient (Wildman–Crippen LogP) is 4.90. The number of aromatic nitrogens is 1. The maximum atomic E-state index is 12.0. The summed E-state index contributed by atoms with van der Waals surface area (Å²) in [6.07, 6.45) is 3.09. The van der Waals surface area contributed by atoms with Crippen LogP contribution in [0, 0.1) is 11.3 Å². The number of carbonyl (C=O) groups excluding carboxylic acids is 1. The van der Waals surface area contributed by atoms with Crippen molar-refractivity contribution in [2.45, 2.75) is 40.5 Å². The maximum absolute atomic E-state index is 12.0. The van der Waals surface area contributed by atoms with E-state index in [2.05, 4.69) is 53.9 Å². The minimum absolute atomic E-state index is 0.0291. The molecule has 0 aliphatic heterocycles. The number of hydrogen-bond acceptors (Lipinski definition) is 2. The normalized spacial score (nSPS) is 13.2. The van der Waals surface area contributed by atoms with E-state index in [1.165, 1.54) is 0 Å². The van der Waals surface area contributed by atoms with Crippen molar-refractivity contribution < 1.29 is 4.79 Å². The molecule has 1 amide bonds. The quantitative estimate of drug-likeness (QED) is 0.787. The average Bonchev–Trinajstić information content (AvgIpc) is 2.20. The van der Waals surface area contributed by atoms with Crippen LogP contribution in [0.4, 0.5) is 5.69 Å². The fraction of sp³-hybridized carbons (Fsp3) is 0.571. The lowest BCUT2D eigenvalue weighted by atomic mass is 9.84. The second kappa shape index (κ2) is 6.71. The molecule has 1 aromatic rings. The molecular weight excluding hydrogens is 328 g/mol. The smallest absolute Gasteiger partial charge is 0.224 e. The Kier molecular flexibility index (Phi) is 5.81. The van der Waals surface area contributed by atoms with Crippen LogP contribution in [-0.4, -0.2) is 10.9 Å². The van der Waals surface area contributed by atoms with Crippen molar-refractivity contribution in [1.29, 1.82) is 0 Å². The van der Waals surface area contributed by atoms with Gasteiger partial charge in [-0.05, 0) is 39.8 Å². The Hall–Kier alpha value is -0.610. The molecule has 1 N–H and O–H groups in total. The van der Waals surface area contributed by atoms with E-state index in [0.717, 1.165) is 10.9 Å². The van der Waals surface area contributed by atoms with E-state index in [-0.39, 0.29) is 11.3 Å². The third-order valence-electron chi connectivity index (χ3n) is 2.57. The highest BCUT2D eigenvalue weighted by Crippen LogP contribution is 2.27. The molecule has 1 heterocycles. The summed E-state index contributed by atoms with van der Waals surface area (Å²) in [6, 6.07) is 1.75. The first-order chi connectivity index (χ1) is 8.67. The van der Waals surface area contributed by atoms with Crippen molar-refractivity contribution in [3.8, 4) is 0 Å². The summed E-state index contributed by atoms with van der Waals surface area (Å²) in [6.45, 7) is 8.62. The molecule has 1 unspecified atom stereocenters. The molecule has 3 nitrogen and oxygen atoms in total. The van der Waals surface area contributed by atoms with E-state index in [0.29, 0.717) is 23.2 Å². The molecule has 5 heteroatoms. The van der Waals surface area contributed by atoms with Crippen molar-refractivity contribution >= 4 is 39.1 Å². The lowest BCUT2D eigenvalue weighted by Gasteiger charge is -2.22. The van der Waals surface area contributed by atoms with Crippen LogP contribution in [0.5, 0.6) is 0 Å². The van der Waals surface area contributed by atoms with E-state index in [1.807, 2.05) is 0 Å². The van der Waals surface area contributed by atoms with Crippen LogP contribution in [0.15, 0.2) is 16.7 Å². The largest absolute Gasteiger partial charge is 0.323 e. The van der Waals surface area contributed by atoms with Crippen molar-refractivity contribution in [3.63, 3.8) is 0 Å². The van der Waals surface area contributed by atoms with Crippen molar-refractivity contribution in [3.05, 3.63) is 21.9 Å². The number of nitrogens with zero attached hydrogens (tertiary/aromatic N) is 1. The third-order valence-corrected chi connectivity index (χ3v) is 3.31. The van der Waals surface area contributed by atoms with Gasteiger partial charge in [0.1, 0.15) is 0 Å². The molecule has 1 atom stereocenters. The van der Waals surface area contributed by atoms with Crippen LogP contribution in [0.1, 0.15) is 40.5 Å². The molecule has 0 fully saturated rings. The first-order valence-corrected chi connectivity index (χ1v) is 7.45. The lowest BCUT2D eigenvalue weighted by Crippen LogP contribution is -2.19. The van der Waals surface area contributed by atoms with E-state index in [1.54, 1.807) is 12.3 Å². The van der Waals surface area contributed by atoms with Gasteiger partial charge >= 0.3 is 0 Å². The Morgan fingerprint density at radius 2 is 2.16 bits per heavy atom. The Morgan fingerprint density at radius 1 is 1.53 bits per heavy atom. The van der Waals surface area contributed by atoms with Gasteiger partial charge in [-0.1, -0.05) is 39.3 Å². The van der Waals surface area contributed by atoms with Crippen molar-refractivity contribution in [2.24, 2.45) is 11.3 Å². The minimum atomic E-state index is -0.0291. The summed E-state index contributed by atoms with van der Waals surface area (Å²) < 4.78 is 0.787. The molecule has 0 spiro atoms. The van der Waals surface area contributed by atoms with Gasteiger partial charge in [0.05, 0.1) is 5.69 Å². The first-order valence-electron chi connectivity index (χ1n) is 6.28. The summed E-state index contributed by atoms with van der Waals surface area (Å²) in [5, 5.41) is 3.11. The van der Waals surface area contributed by atoms with E-state index < -0.39 is 0 Å². The Balaban J connectivity index is 2.58. The second-order valence-corrected chi connectivity index (χ2v) is 7.39. The highest BCUT2D eigenvalue weighted by molar-refractivity contribution is 9.10. The van der Waals surface area contributed by atoms with Gasteiger partial charge in [-0.25, -0.2) is 4.98 Å². The predicted molar refractivity (Wildman–Crippen MR) is 83.4 cm³/mol. The summed E-state index contributed by atoms with van der Waals surface area (Å²) in [7, 11) is 0. The topological polar surface area (TPSA) is 42.0 Å². The van der Waals surface area contributed by atoms with Gasteiger partial charge in [0.2, 0.25) is 5.91 Å². The standard InChI is InChI=1S/C14H20BrClN2O/c1-9(7-14(2,3)4)5-12(19)18-11-6-10(15)8-17-13(11)16/h6,8-9H,5,7H2,1-4H3,(H,18,19). The number of nitrogens with one attached hydrogen (secondary N) is 1. The highest BCUT2D eigenvalue weighted by Gasteiger charge is 2.18. The number of hydrogen-bond donors (Lipinski definition) is 1. The van der Waals surface area contributed by atoms with Crippen LogP contribution in [0.3, 0.4) is 0 Å². The van der Waals surface area contributed by atoms with E-state index in [4.69, 9.17) is 11.6 Å². The summed E-state index contributed by atoms with van der Waals surface area (Å²) in [5.74, 6) is 0.303. The number of anilines is 1. The number of amides is 1.